The number of urea groups is 1. The molecule has 2 heterocycles. The monoisotopic (exact) mass is 524 g/mol. The Labute approximate surface area is 206 Å². The smallest absolute Gasteiger partial charge is 0.418 e. The third kappa shape index (κ3) is 4.11. The van der Waals surface area contributed by atoms with Crippen molar-refractivity contribution in [1.82, 2.24) is 14.0 Å². The summed E-state index contributed by atoms with van der Waals surface area (Å²) in [5.41, 5.74) is -0.747. The Kier molecular flexibility index (Phi) is 6.33. The predicted molar refractivity (Wildman–Crippen MR) is 124 cm³/mol. The van der Waals surface area contributed by atoms with Gasteiger partial charge in [-0.25, -0.2) is 9.59 Å². The van der Waals surface area contributed by atoms with E-state index in [1.54, 1.807) is 20.0 Å². The lowest BCUT2D eigenvalue weighted by Gasteiger charge is -2.37. The van der Waals surface area contributed by atoms with Crippen LogP contribution in [0.15, 0.2) is 41.2 Å². The second kappa shape index (κ2) is 9.01. The second-order valence-corrected chi connectivity index (χ2v) is 8.65. The van der Waals surface area contributed by atoms with Crippen LogP contribution in [-0.4, -0.2) is 43.6 Å². The highest BCUT2D eigenvalue weighted by atomic mass is 35.5. The Morgan fingerprint density at radius 1 is 1.14 bits per heavy atom. The third-order valence-electron chi connectivity index (χ3n) is 6.16. The molecule has 0 spiro atoms. The molecule has 1 N–H and O–H groups in total. The van der Waals surface area contributed by atoms with Crippen molar-refractivity contribution in [3.63, 3.8) is 0 Å². The molecule has 3 aromatic rings. The van der Waals surface area contributed by atoms with Gasteiger partial charge in [-0.3, -0.25) is 28.5 Å². The van der Waals surface area contributed by atoms with Crippen molar-refractivity contribution in [3.05, 3.63) is 63.0 Å². The van der Waals surface area contributed by atoms with Crippen LogP contribution in [0.5, 0.6) is 0 Å². The van der Waals surface area contributed by atoms with Crippen LogP contribution in [-0.2, 0) is 35.9 Å². The third-order valence-corrected chi connectivity index (χ3v) is 6.47. The number of rotatable bonds is 5. The van der Waals surface area contributed by atoms with E-state index in [0.29, 0.717) is 22.5 Å². The number of imidazole rings is 1. The number of imide groups is 1. The fraction of sp³-hybridized carbons (Fsp3) is 0.304. The zero-order valence-corrected chi connectivity index (χ0v) is 19.8. The summed E-state index contributed by atoms with van der Waals surface area (Å²) in [6.07, 6.45) is -4.87. The summed E-state index contributed by atoms with van der Waals surface area (Å²) in [7, 11) is 1.58. The molecular weight excluding hydrogens is 505 g/mol. The Bertz CT molecular complexity index is 1460. The van der Waals surface area contributed by atoms with Crippen LogP contribution in [0.3, 0.4) is 0 Å². The van der Waals surface area contributed by atoms with Crippen LogP contribution in [0.25, 0.3) is 11.0 Å². The minimum Gasteiger partial charge on any atom is -0.481 e. The van der Waals surface area contributed by atoms with Crippen LogP contribution in [0.4, 0.5) is 23.7 Å². The Morgan fingerprint density at radius 3 is 2.44 bits per heavy atom. The van der Waals surface area contributed by atoms with E-state index in [1.165, 1.54) is 27.3 Å². The van der Waals surface area contributed by atoms with Gasteiger partial charge in [-0.15, -0.1) is 0 Å². The zero-order chi connectivity index (χ0) is 26.5. The fourth-order valence-electron chi connectivity index (χ4n) is 4.37. The summed E-state index contributed by atoms with van der Waals surface area (Å²) in [6.45, 7) is 0.717. The molecule has 1 fully saturated rings. The first-order valence-electron chi connectivity index (χ1n) is 10.8. The van der Waals surface area contributed by atoms with Crippen molar-refractivity contribution in [2.45, 2.75) is 26.2 Å². The molecule has 190 valence electrons. The number of fused-ring (bicyclic) bond motifs is 1. The summed E-state index contributed by atoms with van der Waals surface area (Å²) < 4.78 is 43.8. The molecule has 1 atom stereocenters. The maximum atomic E-state index is 13.7. The van der Waals surface area contributed by atoms with Crippen molar-refractivity contribution >= 4 is 46.2 Å². The van der Waals surface area contributed by atoms with E-state index in [2.05, 4.69) is 0 Å². The highest BCUT2D eigenvalue weighted by molar-refractivity contribution is 6.31. The molecule has 1 saturated heterocycles. The number of aliphatic carboxylic acids is 1. The first-order valence-corrected chi connectivity index (χ1v) is 11.1. The molecule has 36 heavy (non-hydrogen) atoms. The molecule has 3 amide bonds. The van der Waals surface area contributed by atoms with Gasteiger partial charge < -0.3 is 5.11 Å². The van der Waals surface area contributed by atoms with Crippen molar-refractivity contribution < 1.29 is 32.7 Å². The van der Waals surface area contributed by atoms with Crippen molar-refractivity contribution in [3.8, 4) is 0 Å². The number of aromatic nitrogens is 2. The van der Waals surface area contributed by atoms with Gasteiger partial charge in [0.15, 0.2) is 5.92 Å². The molecule has 1 unspecified atom stereocenters. The van der Waals surface area contributed by atoms with Crippen LogP contribution in [0.2, 0.25) is 5.02 Å². The fourth-order valence-corrected chi connectivity index (χ4v) is 4.67. The van der Waals surface area contributed by atoms with E-state index in [4.69, 9.17) is 11.6 Å². The maximum Gasteiger partial charge on any atom is 0.418 e. The standard InChI is InChI=1S/C23H20ClF3N4O5/c1-3-29-17-9-13(7-8-16(17)28(2)21(29)35)30-11-14(20(33)34)19(32)31(22(30)36)10-12-5-4-6-15(24)18(12)23(25,26)27/h4-9,14H,3,10-11H2,1-2H3,(H,33,34). The van der Waals surface area contributed by atoms with Gasteiger partial charge in [-0.1, -0.05) is 23.7 Å². The predicted octanol–water partition coefficient (Wildman–Crippen LogP) is 3.70. The van der Waals surface area contributed by atoms with Crippen molar-refractivity contribution in [2.24, 2.45) is 13.0 Å². The second-order valence-electron chi connectivity index (χ2n) is 8.24. The lowest BCUT2D eigenvalue weighted by atomic mass is 10.0. The molecule has 0 bridgehead atoms. The van der Waals surface area contributed by atoms with Crippen molar-refractivity contribution in [2.75, 3.05) is 11.4 Å². The molecule has 9 nitrogen and oxygen atoms in total. The molecule has 1 aliphatic heterocycles. The Balaban J connectivity index is 1.80. The number of nitrogens with zero attached hydrogens (tertiary/aromatic N) is 4. The highest BCUT2D eigenvalue weighted by Crippen LogP contribution is 2.38. The molecule has 0 radical (unpaired) electrons. The number of benzene rings is 2. The quantitative estimate of drug-likeness (QED) is 0.512. The number of aryl methyl sites for hydroxylation is 2. The van der Waals surface area contributed by atoms with Gasteiger partial charge in [-0.2, -0.15) is 13.2 Å². The van der Waals surface area contributed by atoms with E-state index in [9.17, 15) is 37.5 Å². The van der Waals surface area contributed by atoms with Crippen LogP contribution in [0, 0.1) is 5.92 Å². The summed E-state index contributed by atoms with van der Waals surface area (Å²) in [4.78, 5) is 52.1. The lowest BCUT2D eigenvalue weighted by Crippen LogP contribution is -2.58. The van der Waals surface area contributed by atoms with Gasteiger partial charge in [0.25, 0.3) is 0 Å². The molecule has 0 saturated carbocycles. The van der Waals surface area contributed by atoms with E-state index in [0.717, 1.165) is 17.0 Å². The average Bonchev–Trinajstić information content (AvgIpc) is 3.04. The Morgan fingerprint density at radius 2 is 1.83 bits per heavy atom. The molecule has 0 aliphatic carbocycles. The van der Waals surface area contributed by atoms with E-state index in [-0.39, 0.29) is 11.4 Å². The first-order chi connectivity index (χ1) is 16.9. The number of hydrogen-bond donors (Lipinski definition) is 1. The lowest BCUT2D eigenvalue weighted by molar-refractivity contribution is -0.151. The normalized spacial score (nSPS) is 16.8. The maximum absolute atomic E-state index is 13.7. The van der Waals surface area contributed by atoms with E-state index < -0.39 is 59.2 Å². The summed E-state index contributed by atoms with van der Waals surface area (Å²) >= 11 is 5.76. The Hall–Kier alpha value is -3.80. The number of hydrogen-bond acceptors (Lipinski definition) is 4. The van der Waals surface area contributed by atoms with Gasteiger partial charge in [0.1, 0.15) is 0 Å². The molecular formula is C23H20ClF3N4O5. The summed E-state index contributed by atoms with van der Waals surface area (Å²) in [6, 6.07) is 6.90. The van der Waals surface area contributed by atoms with Crippen LogP contribution in [0.1, 0.15) is 18.1 Å². The SMILES string of the molecule is CCn1c(=O)n(C)c2ccc(N3CC(C(=O)O)C(=O)N(Cc4cccc(Cl)c4C(F)(F)F)C3=O)cc21. The molecule has 1 aliphatic rings. The van der Waals surface area contributed by atoms with Crippen LogP contribution < -0.4 is 10.6 Å². The molecule has 13 heteroatoms. The van der Waals surface area contributed by atoms with Gasteiger partial charge in [0, 0.05) is 25.8 Å². The number of carboxylic acids is 1. The van der Waals surface area contributed by atoms with Gasteiger partial charge in [0.05, 0.1) is 28.2 Å². The van der Waals surface area contributed by atoms with Gasteiger partial charge >= 0.3 is 23.9 Å². The molecule has 2 aromatic carbocycles. The highest BCUT2D eigenvalue weighted by Gasteiger charge is 2.45. The summed E-state index contributed by atoms with van der Waals surface area (Å²) in [5.74, 6) is -4.38. The summed E-state index contributed by atoms with van der Waals surface area (Å²) in [5, 5.41) is 9.01. The molecule has 4 rings (SSSR count). The minimum atomic E-state index is -4.87. The zero-order valence-electron chi connectivity index (χ0n) is 19.0. The first kappa shape index (κ1) is 25.3. The number of carboxylic acid groups (broad SMARTS) is 1. The average molecular weight is 525 g/mol. The van der Waals surface area contributed by atoms with E-state index >= 15 is 0 Å². The number of alkyl halides is 3. The topological polar surface area (TPSA) is 105 Å². The van der Waals surface area contributed by atoms with Crippen molar-refractivity contribution in [1.29, 1.82) is 0 Å². The molecule has 1 aromatic heterocycles. The number of carbonyl (C=O) groups is 3. The number of halogens is 4. The van der Waals surface area contributed by atoms with E-state index in [1.807, 2.05) is 0 Å². The number of carbonyl (C=O) groups excluding carboxylic acids is 2. The van der Waals surface area contributed by atoms with Gasteiger partial charge in [-0.05, 0) is 36.8 Å². The minimum absolute atomic E-state index is 0.186. The van der Waals surface area contributed by atoms with Gasteiger partial charge in [0.2, 0.25) is 5.91 Å². The number of anilines is 1. The number of amides is 3. The largest absolute Gasteiger partial charge is 0.481 e. The van der Waals surface area contributed by atoms with Crippen LogP contribution >= 0.6 is 11.6 Å².